The molecule has 0 heterocycles. The lowest BCUT2D eigenvalue weighted by atomic mass is 9.95. The summed E-state index contributed by atoms with van der Waals surface area (Å²) in [4.78, 5) is 32.9. The molecule has 0 atom stereocenters. The van der Waals surface area contributed by atoms with Crippen LogP contribution in [0.2, 0.25) is 0 Å². The Morgan fingerprint density at radius 1 is 0.727 bits per heavy atom. The number of hydrogen-bond donors (Lipinski definition) is 4. The van der Waals surface area contributed by atoms with Crippen molar-refractivity contribution < 1.29 is 39.5 Å². The Bertz CT molecular complexity index is 1340. The zero-order valence-corrected chi connectivity index (χ0v) is 25.7. The number of benzene rings is 3. The quantitative estimate of drug-likeness (QED) is 0.110. The van der Waals surface area contributed by atoms with E-state index in [1.807, 2.05) is 60.7 Å². The second kappa shape index (κ2) is 18.5. The van der Waals surface area contributed by atoms with Crippen molar-refractivity contribution in [1.29, 1.82) is 0 Å². The van der Waals surface area contributed by atoms with E-state index in [9.17, 15) is 14.4 Å². The van der Waals surface area contributed by atoms with Gasteiger partial charge in [-0.3, -0.25) is 9.59 Å². The van der Waals surface area contributed by atoms with Gasteiger partial charge in [0.25, 0.3) is 0 Å². The minimum atomic E-state index is -2.74. The van der Waals surface area contributed by atoms with Gasteiger partial charge in [-0.1, -0.05) is 98.2 Å². The van der Waals surface area contributed by atoms with Gasteiger partial charge in [0.05, 0.1) is 24.5 Å². The van der Waals surface area contributed by atoms with Crippen molar-refractivity contribution in [2.24, 2.45) is 0 Å². The molecule has 0 radical (unpaired) electrons. The minimum Gasteiger partial charge on any atom is -0.494 e. The predicted octanol–water partition coefficient (Wildman–Crippen LogP) is 6.09. The van der Waals surface area contributed by atoms with Crippen molar-refractivity contribution in [2.75, 3.05) is 26.2 Å². The molecule has 0 bridgehead atoms. The largest absolute Gasteiger partial charge is 0.494 e. The van der Waals surface area contributed by atoms with Gasteiger partial charge in [0, 0.05) is 5.57 Å². The van der Waals surface area contributed by atoms with Crippen LogP contribution in [0.3, 0.4) is 0 Å². The number of ether oxygens (including phenoxy) is 1. The van der Waals surface area contributed by atoms with Crippen LogP contribution in [0.15, 0.2) is 84.9 Å². The van der Waals surface area contributed by atoms with E-state index in [4.69, 9.17) is 36.8 Å². The maximum Gasteiger partial charge on any atom is 0.336 e. The van der Waals surface area contributed by atoms with Gasteiger partial charge in [-0.05, 0) is 61.3 Å². The zero-order chi connectivity index (χ0) is 32.5. The van der Waals surface area contributed by atoms with Crippen LogP contribution in [0.25, 0.3) is 10.6 Å². The van der Waals surface area contributed by atoms with E-state index in [1.165, 1.54) is 0 Å². The van der Waals surface area contributed by atoms with Gasteiger partial charge < -0.3 is 30.1 Å². The Morgan fingerprint density at radius 3 is 1.66 bits per heavy atom. The summed E-state index contributed by atoms with van der Waals surface area (Å²) in [7, 11) is 0. The molecule has 0 spiro atoms. The van der Waals surface area contributed by atoms with Gasteiger partial charge in [-0.25, -0.2) is 4.79 Å². The third-order valence-corrected chi connectivity index (χ3v) is 7.18. The highest BCUT2D eigenvalue weighted by molar-refractivity contribution is 6.53. The number of carboxylic acid groups (broad SMARTS) is 3. The maximum atomic E-state index is 10.3. The molecule has 0 aliphatic heterocycles. The molecule has 44 heavy (non-hydrogen) atoms. The first-order chi connectivity index (χ1) is 21.0. The monoisotopic (exact) mass is 625 g/mol. The number of hydrogen-bond acceptors (Lipinski definition) is 6. The Kier molecular flexibility index (Phi) is 15.1. The Hall–Kier alpha value is -4.18. The topological polar surface area (TPSA) is 145 Å². The Morgan fingerprint density at radius 2 is 1.20 bits per heavy atom. The van der Waals surface area contributed by atoms with Gasteiger partial charge in [0.2, 0.25) is 0 Å². The van der Waals surface area contributed by atoms with Crippen LogP contribution >= 0.6 is 11.6 Å². The van der Waals surface area contributed by atoms with Gasteiger partial charge in [0.15, 0.2) is 5.60 Å². The summed E-state index contributed by atoms with van der Waals surface area (Å²) in [6, 6.07) is 28.7. The average molecular weight is 626 g/mol. The van der Waals surface area contributed by atoms with Gasteiger partial charge in [0.1, 0.15) is 5.75 Å². The molecule has 4 N–H and O–H groups in total. The number of halogens is 1. The molecular formula is C34H40ClNO8. The lowest BCUT2D eigenvalue weighted by Crippen LogP contribution is -2.42. The molecule has 3 aromatic rings. The van der Waals surface area contributed by atoms with Crippen LogP contribution in [-0.2, 0) is 14.4 Å². The van der Waals surface area contributed by atoms with Crippen molar-refractivity contribution in [1.82, 2.24) is 4.90 Å². The number of unbranched alkanes of at least 4 members (excludes halogenated alkanes) is 1. The highest BCUT2D eigenvalue weighted by Crippen LogP contribution is 2.35. The molecule has 3 rings (SSSR count). The Balaban J connectivity index is 0.000000439. The third kappa shape index (κ3) is 11.8. The SMILES string of the molecule is CCN(CC)CCCCOc1ccc(/C(=C(/Cl)c2ccccc2)c2ccccc2)cc1.O=C(O)CC(O)(CC(=O)O)C(=O)O. The van der Waals surface area contributed by atoms with Gasteiger partial charge in [-0.2, -0.15) is 0 Å². The van der Waals surface area contributed by atoms with Crippen molar-refractivity contribution in [2.45, 2.75) is 45.1 Å². The average Bonchev–Trinajstić information content (AvgIpc) is 3.00. The highest BCUT2D eigenvalue weighted by Gasteiger charge is 2.40. The summed E-state index contributed by atoms with van der Waals surface area (Å²) < 4.78 is 5.97. The summed E-state index contributed by atoms with van der Waals surface area (Å²) in [5, 5.41) is 34.6. The summed E-state index contributed by atoms with van der Waals surface area (Å²) in [6.45, 7) is 8.53. The molecular weight excluding hydrogens is 586 g/mol. The van der Waals surface area contributed by atoms with E-state index in [0.717, 1.165) is 72.1 Å². The number of aliphatic hydroxyl groups is 1. The molecule has 9 nitrogen and oxygen atoms in total. The summed E-state index contributed by atoms with van der Waals surface area (Å²) in [6.07, 6.45) is -0.0656. The van der Waals surface area contributed by atoms with Crippen molar-refractivity contribution in [3.63, 3.8) is 0 Å². The van der Waals surface area contributed by atoms with Crippen LogP contribution < -0.4 is 4.74 Å². The van der Waals surface area contributed by atoms with E-state index in [2.05, 4.69) is 43.0 Å². The fourth-order valence-electron chi connectivity index (χ4n) is 4.35. The molecule has 0 aliphatic carbocycles. The second-order valence-corrected chi connectivity index (χ2v) is 10.4. The van der Waals surface area contributed by atoms with E-state index in [0.29, 0.717) is 0 Å². The lowest BCUT2D eigenvalue weighted by Gasteiger charge is -2.18. The number of carboxylic acids is 3. The molecule has 10 heteroatoms. The molecule has 3 aromatic carbocycles. The first-order valence-electron chi connectivity index (χ1n) is 14.4. The number of carbonyl (C=O) groups is 3. The molecule has 0 unspecified atom stereocenters. The first-order valence-corrected chi connectivity index (χ1v) is 14.7. The molecule has 236 valence electrons. The molecule has 0 amide bonds. The summed E-state index contributed by atoms with van der Waals surface area (Å²) in [5.41, 5.74) is 1.48. The van der Waals surface area contributed by atoms with Crippen LogP contribution in [0.4, 0.5) is 0 Å². The Labute approximate surface area is 263 Å². The van der Waals surface area contributed by atoms with E-state index >= 15 is 0 Å². The standard InChI is InChI=1S/C28H32ClNO.C6H8O7/c1-3-30(4-2)21-11-12-22-31-26-19-17-24(18-20-26)27(23-13-7-5-8-14-23)28(29)25-15-9-6-10-16-25;7-3(8)1-6(13,5(11)12)2-4(9)10/h5-10,13-20H,3-4,11-12,21-22H2,1-2H3;13H,1-2H2,(H,7,8)(H,9,10)(H,11,12)/b28-27+;. The lowest BCUT2D eigenvalue weighted by molar-refractivity contribution is -0.170. The minimum absolute atomic E-state index is 0.743. The first kappa shape index (κ1) is 36.0. The van der Waals surface area contributed by atoms with Crippen molar-refractivity contribution in [3.05, 3.63) is 102 Å². The van der Waals surface area contributed by atoms with Crippen LogP contribution in [0.1, 0.15) is 56.2 Å². The van der Waals surface area contributed by atoms with Crippen molar-refractivity contribution in [3.8, 4) is 5.75 Å². The second-order valence-electron chi connectivity index (χ2n) is 10.0. The smallest absolute Gasteiger partial charge is 0.336 e. The number of rotatable bonds is 16. The van der Waals surface area contributed by atoms with Gasteiger partial charge in [-0.15, -0.1) is 0 Å². The fraction of sp³-hybridized carbons (Fsp3) is 0.324. The number of aliphatic carboxylic acids is 3. The summed E-state index contributed by atoms with van der Waals surface area (Å²) >= 11 is 6.89. The molecule has 0 aromatic heterocycles. The fourth-order valence-corrected chi connectivity index (χ4v) is 4.70. The molecule has 0 aliphatic rings. The predicted molar refractivity (Wildman–Crippen MR) is 171 cm³/mol. The van der Waals surface area contributed by atoms with Gasteiger partial charge >= 0.3 is 17.9 Å². The van der Waals surface area contributed by atoms with Crippen LogP contribution in [0.5, 0.6) is 5.75 Å². The molecule has 0 saturated heterocycles. The van der Waals surface area contributed by atoms with E-state index in [-0.39, 0.29) is 0 Å². The summed E-state index contributed by atoms with van der Waals surface area (Å²) in [5.74, 6) is -4.12. The van der Waals surface area contributed by atoms with Crippen LogP contribution in [-0.4, -0.2) is 75.1 Å². The maximum absolute atomic E-state index is 10.3. The normalized spacial score (nSPS) is 11.7. The number of nitrogens with zero attached hydrogens (tertiary/aromatic N) is 1. The third-order valence-electron chi connectivity index (χ3n) is 6.77. The van der Waals surface area contributed by atoms with E-state index in [1.54, 1.807) is 0 Å². The molecule has 0 fully saturated rings. The van der Waals surface area contributed by atoms with E-state index < -0.39 is 36.4 Å². The molecule has 0 saturated carbocycles. The van der Waals surface area contributed by atoms with Crippen LogP contribution in [0, 0.1) is 0 Å². The highest BCUT2D eigenvalue weighted by atomic mass is 35.5. The zero-order valence-electron chi connectivity index (χ0n) is 25.0. The van der Waals surface area contributed by atoms with Crippen molar-refractivity contribution >= 4 is 40.1 Å².